The van der Waals surface area contributed by atoms with E-state index in [0.717, 1.165) is 19.4 Å². The van der Waals surface area contributed by atoms with Crippen molar-refractivity contribution in [2.75, 3.05) is 48.6 Å². The lowest BCUT2D eigenvalue weighted by molar-refractivity contribution is -0.316. The van der Waals surface area contributed by atoms with Crippen LogP contribution in [0.2, 0.25) is 0 Å². The van der Waals surface area contributed by atoms with Gasteiger partial charge in [0.25, 0.3) is 0 Å². The van der Waals surface area contributed by atoms with Crippen LogP contribution in [0.25, 0.3) is 0 Å². The molecule has 2 N–H and O–H groups in total. The molecule has 1 heterocycles. The Labute approximate surface area is 258 Å². The van der Waals surface area contributed by atoms with Crippen LogP contribution in [-0.2, 0) is 33.2 Å². The van der Waals surface area contributed by atoms with Crippen molar-refractivity contribution in [2.24, 2.45) is 34.5 Å². The second kappa shape index (κ2) is 10.2. The van der Waals surface area contributed by atoms with Crippen molar-refractivity contribution in [2.45, 2.75) is 73.9 Å². The molecule has 5 saturated carbocycles. The van der Waals surface area contributed by atoms with Crippen molar-refractivity contribution >= 4 is 11.9 Å². The molecule has 0 radical (unpaired) electrons. The van der Waals surface area contributed by atoms with Crippen LogP contribution in [0.1, 0.15) is 36.5 Å². The number of likely N-dealkylation sites (tertiary alicyclic amines) is 1. The van der Waals surface area contributed by atoms with E-state index < -0.39 is 64.8 Å². The molecule has 6 aliphatic rings. The summed E-state index contributed by atoms with van der Waals surface area (Å²) >= 11 is 0. The van der Waals surface area contributed by atoms with Gasteiger partial charge in [0.15, 0.2) is 5.60 Å². The molecule has 7 rings (SSSR count). The number of piperidine rings is 1. The number of aliphatic hydroxyl groups is 2. The monoisotopic (exact) mass is 615 g/mol. The molecule has 0 aromatic heterocycles. The molecular formula is C33H45NO10. The second-order valence-corrected chi connectivity index (χ2v) is 14.2. The first-order chi connectivity index (χ1) is 21.0. The molecule has 1 aromatic carbocycles. The number of aliphatic hydroxyl groups excluding tert-OH is 1. The molecule has 5 aliphatic carbocycles. The Kier molecular flexibility index (Phi) is 7.07. The average molecular weight is 616 g/mol. The maximum Gasteiger partial charge on any atom is 0.338 e. The summed E-state index contributed by atoms with van der Waals surface area (Å²) in [5, 5.41) is 25.1. The fourth-order valence-corrected chi connectivity index (χ4v) is 12.3. The summed E-state index contributed by atoms with van der Waals surface area (Å²) in [6.45, 7) is 2.56. The van der Waals surface area contributed by atoms with Gasteiger partial charge in [0.1, 0.15) is 23.9 Å². The molecule has 6 fully saturated rings. The number of methoxy groups -OCH3 is 4. The van der Waals surface area contributed by atoms with Gasteiger partial charge in [-0.25, -0.2) is 4.79 Å². The van der Waals surface area contributed by atoms with E-state index in [9.17, 15) is 19.8 Å². The van der Waals surface area contributed by atoms with Gasteiger partial charge in [-0.15, -0.1) is 0 Å². The summed E-state index contributed by atoms with van der Waals surface area (Å²) < 4.78 is 37.5. The average Bonchev–Trinajstić information content (AvgIpc) is 3.39. The summed E-state index contributed by atoms with van der Waals surface area (Å²) in [7, 11) is 8.63. The maximum atomic E-state index is 13.7. The molecule has 14 atom stereocenters. The number of benzene rings is 1. The smallest absolute Gasteiger partial charge is 0.338 e. The highest BCUT2D eigenvalue weighted by Gasteiger charge is 2.91. The highest BCUT2D eigenvalue weighted by atomic mass is 16.6. The fraction of sp³-hybridized carbons (Fsp3) is 0.758. The van der Waals surface area contributed by atoms with Crippen LogP contribution in [0.5, 0.6) is 0 Å². The SMILES string of the molecule is COC[C@@]12CC[C@@H](OC)[C@@]34C5C[C@]6(O)C(OC)C(O)[C@@](OC(C)=O)(C5[C@H]6OC(=O)c5ccccc5)[C@@H]([C@@H](OC)C13)[C@H]4N(C)C2. The number of carbonyl (C=O) groups is 2. The normalized spacial score (nSPS) is 49.9. The summed E-state index contributed by atoms with van der Waals surface area (Å²) in [6, 6.07) is 8.39. The number of nitrogens with zero attached hydrogens (tertiary/aromatic N) is 1. The van der Waals surface area contributed by atoms with Crippen LogP contribution in [-0.4, -0.2) is 123 Å². The Hall–Kier alpha value is -2.12. The van der Waals surface area contributed by atoms with Gasteiger partial charge in [0.05, 0.1) is 24.4 Å². The van der Waals surface area contributed by atoms with Crippen molar-refractivity contribution in [3.63, 3.8) is 0 Å². The minimum Gasteiger partial charge on any atom is -0.455 e. The number of fused-ring (bicyclic) bond motifs is 2. The molecule has 1 aromatic rings. The number of ether oxygens (including phenoxy) is 6. The van der Waals surface area contributed by atoms with Crippen LogP contribution in [0.4, 0.5) is 0 Å². The molecule has 44 heavy (non-hydrogen) atoms. The van der Waals surface area contributed by atoms with Crippen LogP contribution in [0.15, 0.2) is 30.3 Å². The zero-order chi connectivity index (χ0) is 31.4. The number of hydrogen-bond donors (Lipinski definition) is 2. The van der Waals surface area contributed by atoms with E-state index in [0.29, 0.717) is 12.2 Å². The van der Waals surface area contributed by atoms with Crippen LogP contribution in [0, 0.1) is 34.5 Å². The Morgan fingerprint density at radius 2 is 1.75 bits per heavy atom. The first-order valence-electron chi connectivity index (χ1n) is 15.7. The molecule has 242 valence electrons. The molecule has 11 heteroatoms. The predicted molar refractivity (Wildman–Crippen MR) is 154 cm³/mol. The van der Waals surface area contributed by atoms with Gasteiger partial charge in [-0.2, -0.15) is 0 Å². The van der Waals surface area contributed by atoms with Crippen LogP contribution < -0.4 is 0 Å². The van der Waals surface area contributed by atoms with Gasteiger partial charge < -0.3 is 43.5 Å². The lowest BCUT2D eigenvalue weighted by Gasteiger charge is -2.69. The highest BCUT2D eigenvalue weighted by Crippen LogP contribution is 2.80. The van der Waals surface area contributed by atoms with E-state index in [4.69, 9.17) is 28.4 Å². The van der Waals surface area contributed by atoms with Gasteiger partial charge >= 0.3 is 11.9 Å². The zero-order valence-corrected chi connectivity index (χ0v) is 26.3. The van der Waals surface area contributed by atoms with E-state index in [1.165, 1.54) is 14.0 Å². The Balaban J connectivity index is 1.51. The topological polar surface area (TPSA) is 133 Å². The van der Waals surface area contributed by atoms with E-state index in [-0.39, 0.29) is 35.8 Å². The van der Waals surface area contributed by atoms with E-state index in [2.05, 4.69) is 11.9 Å². The van der Waals surface area contributed by atoms with Gasteiger partial charge in [-0.3, -0.25) is 4.79 Å². The number of rotatable bonds is 8. The third-order valence-corrected chi connectivity index (χ3v) is 12.8. The molecule has 5 unspecified atom stereocenters. The number of carbonyl (C=O) groups excluding carboxylic acids is 2. The molecule has 1 aliphatic heterocycles. The number of esters is 2. The van der Waals surface area contributed by atoms with Crippen LogP contribution in [0.3, 0.4) is 0 Å². The van der Waals surface area contributed by atoms with Gasteiger partial charge in [-0.05, 0) is 44.4 Å². The Morgan fingerprint density at radius 3 is 2.36 bits per heavy atom. The second-order valence-electron chi connectivity index (χ2n) is 14.2. The molecule has 0 amide bonds. The van der Waals surface area contributed by atoms with E-state index >= 15 is 0 Å². The third kappa shape index (κ3) is 3.41. The van der Waals surface area contributed by atoms with Crippen molar-refractivity contribution in [1.29, 1.82) is 0 Å². The number of hydrogen-bond acceptors (Lipinski definition) is 11. The van der Waals surface area contributed by atoms with Gasteiger partial charge in [-0.1, -0.05) is 18.2 Å². The first kappa shape index (κ1) is 30.5. The Bertz CT molecular complexity index is 1310. The third-order valence-electron chi connectivity index (χ3n) is 12.8. The van der Waals surface area contributed by atoms with E-state index in [1.807, 2.05) is 6.07 Å². The van der Waals surface area contributed by atoms with Crippen molar-refractivity contribution in [1.82, 2.24) is 4.90 Å². The summed E-state index contributed by atoms with van der Waals surface area (Å²) in [5.41, 5.74) is -3.93. The molecule has 7 bridgehead atoms. The van der Waals surface area contributed by atoms with Crippen LogP contribution >= 0.6 is 0 Å². The lowest BCUT2D eigenvalue weighted by atomic mass is 9.43. The standard InChI is InChI=1S/C33H45NO10/c1-17(35)44-33-21-19(14-31(38,28(42-6)26(33)36)27(21)43-29(37)18-10-8-7-9-11-18)32-20(40-4)12-13-30(16-39-3)15-34(2)25(32)22(33)23(41-5)24(30)32/h7-11,19-28,36,38H,12-16H2,1-6H3/t19?,20-,21?,22+,23-,24?,25-,26?,27-,28?,30+,31-,32+,33-/m1/s1. The first-order valence-corrected chi connectivity index (χ1v) is 15.7. The summed E-state index contributed by atoms with van der Waals surface area (Å²) in [4.78, 5) is 29.2. The fourth-order valence-electron chi connectivity index (χ4n) is 12.3. The highest BCUT2D eigenvalue weighted by molar-refractivity contribution is 5.89. The Morgan fingerprint density at radius 1 is 1.02 bits per heavy atom. The molecule has 1 spiro atoms. The van der Waals surface area contributed by atoms with E-state index in [1.54, 1.807) is 45.6 Å². The maximum absolute atomic E-state index is 13.7. The molecular weight excluding hydrogens is 570 g/mol. The van der Waals surface area contributed by atoms with Crippen molar-refractivity contribution < 1.29 is 48.2 Å². The minimum absolute atomic E-state index is 0.103. The minimum atomic E-state index is -1.76. The van der Waals surface area contributed by atoms with Crippen molar-refractivity contribution in [3.05, 3.63) is 35.9 Å². The molecule has 1 saturated heterocycles. The summed E-state index contributed by atoms with van der Waals surface area (Å²) in [6.07, 6.45) is -2.66. The summed E-state index contributed by atoms with van der Waals surface area (Å²) in [5.74, 6) is -2.96. The van der Waals surface area contributed by atoms with Gasteiger partial charge in [0.2, 0.25) is 0 Å². The van der Waals surface area contributed by atoms with Gasteiger partial charge in [0, 0.05) is 76.5 Å². The lowest BCUT2D eigenvalue weighted by Crippen LogP contribution is -2.80. The predicted octanol–water partition coefficient (Wildman–Crippen LogP) is 1.29. The zero-order valence-electron chi connectivity index (χ0n) is 26.3. The quantitative estimate of drug-likeness (QED) is 0.410. The molecule has 11 nitrogen and oxygen atoms in total. The van der Waals surface area contributed by atoms with Crippen molar-refractivity contribution in [3.8, 4) is 0 Å². The largest absolute Gasteiger partial charge is 0.455 e.